The predicted octanol–water partition coefficient (Wildman–Crippen LogP) is 3.75. The molecule has 1 heterocycles. The van der Waals surface area contributed by atoms with Crippen LogP contribution in [0.2, 0.25) is 0 Å². The van der Waals surface area contributed by atoms with Gasteiger partial charge >= 0.3 is 0 Å². The lowest BCUT2D eigenvalue weighted by molar-refractivity contribution is 0.103. The van der Waals surface area contributed by atoms with Crippen LogP contribution in [0.15, 0.2) is 64.9 Å². The summed E-state index contributed by atoms with van der Waals surface area (Å²) in [4.78, 5) is 12.7. The van der Waals surface area contributed by atoms with E-state index in [1.54, 1.807) is 31.2 Å². The van der Waals surface area contributed by atoms with Crippen molar-refractivity contribution in [3.05, 3.63) is 71.1 Å². The van der Waals surface area contributed by atoms with E-state index in [1.165, 1.54) is 6.07 Å². The molecule has 8 heteroatoms. The van der Waals surface area contributed by atoms with Crippen LogP contribution in [0.3, 0.4) is 0 Å². The van der Waals surface area contributed by atoms with E-state index >= 15 is 0 Å². The number of amides is 1. The number of ether oxygens (including phenoxy) is 1. The number of carbonyl (C=O) groups is 1. The maximum atomic E-state index is 12.4. The zero-order valence-corrected chi connectivity index (χ0v) is 15.4. The third kappa shape index (κ3) is 4.29. The number of anilines is 1. The molecule has 3 N–H and O–H groups in total. The summed E-state index contributed by atoms with van der Waals surface area (Å²) in [6.07, 6.45) is 0. The lowest BCUT2D eigenvalue weighted by atomic mass is 10.2. The van der Waals surface area contributed by atoms with Crippen LogP contribution in [0.25, 0.3) is 0 Å². The van der Waals surface area contributed by atoms with Crippen LogP contribution in [0, 0.1) is 6.92 Å². The van der Waals surface area contributed by atoms with Gasteiger partial charge in [-0.05, 0) is 55.0 Å². The number of thiophene rings is 1. The van der Waals surface area contributed by atoms with Gasteiger partial charge in [0.2, 0.25) is 10.0 Å². The third-order valence-corrected chi connectivity index (χ3v) is 6.13. The number of benzene rings is 2. The van der Waals surface area contributed by atoms with Gasteiger partial charge in [-0.15, -0.1) is 11.3 Å². The average molecular weight is 388 g/mol. The van der Waals surface area contributed by atoms with Crippen molar-refractivity contribution in [1.29, 1.82) is 0 Å². The molecule has 0 atom stereocenters. The molecular formula is C18H16N2O4S2. The first kappa shape index (κ1) is 18.1. The first-order valence-corrected chi connectivity index (χ1v) is 9.97. The van der Waals surface area contributed by atoms with Crippen molar-refractivity contribution >= 4 is 33.0 Å². The molecule has 1 aromatic heterocycles. The molecule has 0 unspecified atom stereocenters. The molecule has 0 radical (unpaired) electrons. The summed E-state index contributed by atoms with van der Waals surface area (Å²) in [6, 6.07) is 17.6. The number of primary sulfonamides is 1. The number of sulfonamides is 1. The molecule has 0 aliphatic rings. The second-order valence-corrected chi connectivity index (χ2v) is 8.36. The number of aryl methyl sites for hydroxylation is 1. The van der Waals surface area contributed by atoms with E-state index in [0.717, 1.165) is 11.3 Å². The van der Waals surface area contributed by atoms with Crippen molar-refractivity contribution in [2.45, 2.75) is 11.1 Å². The van der Waals surface area contributed by atoms with E-state index in [0.29, 0.717) is 27.6 Å². The van der Waals surface area contributed by atoms with Gasteiger partial charge in [0.25, 0.3) is 5.91 Å². The lowest BCUT2D eigenvalue weighted by Gasteiger charge is -2.08. The zero-order valence-electron chi connectivity index (χ0n) is 13.8. The number of hydrogen-bond donors (Lipinski definition) is 2. The van der Waals surface area contributed by atoms with Gasteiger partial charge < -0.3 is 10.1 Å². The van der Waals surface area contributed by atoms with Gasteiger partial charge in [-0.1, -0.05) is 18.2 Å². The highest BCUT2D eigenvalue weighted by molar-refractivity contribution is 7.91. The average Bonchev–Trinajstić information content (AvgIpc) is 3.00. The fourth-order valence-electron chi connectivity index (χ4n) is 2.24. The number of hydrogen-bond acceptors (Lipinski definition) is 5. The molecule has 6 nitrogen and oxygen atoms in total. The van der Waals surface area contributed by atoms with Crippen molar-refractivity contribution in [2.24, 2.45) is 5.14 Å². The van der Waals surface area contributed by atoms with Crippen LogP contribution >= 0.6 is 11.3 Å². The zero-order chi connectivity index (χ0) is 18.7. The number of para-hydroxylation sites is 1. The predicted molar refractivity (Wildman–Crippen MR) is 101 cm³/mol. The molecule has 0 bridgehead atoms. The van der Waals surface area contributed by atoms with Gasteiger partial charge in [0.05, 0.1) is 4.88 Å². The molecule has 3 aromatic rings. The van der Waals surface area contributed by atoms with Crippen LogP contribution in [-0.4, -0.2) is 14.3 Å². The van der Waals surface area contributed by atoms with E-state index in [-0.39, 0.29) is 10.1 Å². The second-order valence-electron chi connectivity index (χ2n) is 5.52. The standard InChI is InChI=1S/C18H16N2O4S2/c1-12-11-16(26(19,22)23)25-17(12)18(21)20-13-7-9-15(10-8-13)24-14-5-3-2-4-6-14/h2-11H,1H3,(H,20,21)(H2,19,22,23). The van der Waals surface area contributed by atoms with E-state index in [2.05, 4.69) is 5.32 Å². The van der Waals surface area contributed by atoms with E-state index in [1.807, 2.05) is 30.3 Å². The first-order valence-electron chi connectivity index (χ1n) is 7.60. The summed E-state index contributed by atoms with van der Waals surface area (Å²) in [7, 11) is -3.82. The van der Waals surface area contributed by atoms with Crippen molar-refractivity contribution in [3.8, 4) is 11.5 Å². The minimum Gasteiger partial charge on any atom is -0.457 e. The van der Waals surface area contributed by atoms with Gasteiger partial charge in [-0.2, -0.15) is 0 Å². The third-order valence-electron chi connectivity index (χ3n) is 3.47. The summed E-state index contributed by atoms with van der Waals surface area (Å²) in [5.41, 5.74) is 1.13. The second kappa shape index (κ2) is 7.28. The lowest BCUT2D eigenvalue weighted by Crippen LogP contribution is -2.11. The van der Waals surface area contributed by atoms with E-state index in [9.17, 15) is 13.2 Å². The van der Waals surface area contributed by atoms with Crippen LogP contribution < -0.4 is 15.2 Å². The molecular weight excluding hydrogens is 372 g/mol. The van der Waals surface area contributed by atoms with Crippen LogP contribution in [0.1, 0.15) is 15.2 Å². The molecule has 26 heavy (non-hydrogen) atoms. The Labute approximate surface area is 155 Å². The summed E-state index contributed by atoms with van der Waals surface area (Å²) < 4.78 is 28.5. The monoisotopic (exact) mass is 388 g/mol. The smallest absolute Gasteiger partial charge is 0.266 e. The maximum absolute atomic E-state index is 12.4. The van der Waals surface area contributed by atoms with E-state index in [4.69, 9.17) is 9.88 Å². The molecule has 0 fully saturated rings. The Morgan fingerprint density at radius 3 is 2.23 bits per heavy atom. The van der Waals surface area contributed by atoms with E-state index < -0.39 is 10.0 Å². The molecule has 0 saturated heterocycles. The number of rotatable bonds is 5. The summed E-state index contributed by atoms with van der Waals surface area (Å²) >= 11 is 0.849. The fraction of sp³-hybridized carbons (Fsp3) is 0.0556. The van der Waals surface area contributed by atoms with Gasteiger partial charge in [-0.3, -0.25) is 4.79 Å². The highest BCUT2D eigenvalue weighted by Crippen LogP contribution is 2.27. The fourth-order valence-corrected chi connectivity index (χ4v) is 4.09. The molecule has 0 aliphatic carbocycles. The molecule has 134 valence electrons. The van der Waals surface area contributed by atoms with Crippen molar-refractivity contribution in [2.75, 3.05) is 5.32 Å². The maximum Gasteiger partial charge on any atom is 0.266 e. The first-order chi connectivity index (χ1) is 12.3. The van der Waals surface area contributed by atoms with Crippen LogP contribution in [0.4, 0.5) is 5.69 Å². The molecule has 1 amide bonds. The summed E-state index contributed by atoms with van der Waals surface area (Å²) in [6.45, 7) is 1.66. The SMILES string of the molecule is Cc1cc(S(N)(=O)=O)sc1C(=O)Nc1ccc(Oc2ccccc2)cc1. The Kier molecular flexibility index (Phi) is 5.08. The Morgan fingerprint density at radius 1 is 1.04 bits per heavy atom. The highest BCUT2D eigenvalue weighted by Gasteiger charge is 2.19. The molecule has 0 spiro atoms. The Morgan fingerprint density at radius 2 is 1.65 bits per heavy atom. The number of carbonyl (C=O) groups excluding carboxylic acids is 1. The van der Waals surface area contributed by atoms with Crippen LogP contribution in [0.5, 0.6) is 11.5 Å². The van der Waals surface area contributed by atoms with Gasteiger partial charge in [0.15, 0.2) is 0 Å². The molecule has 0 saturated carbocycles. The largest absolute Gasteiger partial charge is 0.457 e. The summed E-state index contributed by atoms with van der Waals surface area (Å²) in [5.74, 6) is 0.964. The quantitative estimate of drug-likeness (QED) is 0.695. The number of nitrogens with two attached hydrogens (primary N) is 1. The van der Waals surface area contributed by atoms with Crippen molar-refractivity contribution in [1.82, 2.24) is 0 Å². The van der Waals surface area contributed by atoms with Crippen LogP contribution in [-0.2, 0) is 10.0 Å². The normalized spacial score (nSPS) is 11.2. The highest BCUT2D eigenvalue weighted by atomic mass is 32.2. The Hall–Kier alpha value is -2.68. The minimum absolute atomic E-state index is 0.0354. The molecule has 0 aliphatic heterocycles. The van der Waals surface area contributed by atoms with Gasteiger partial charge in [0.1, 0.15) is 15.7 Å². The van der Waals surface area contributed by atoms with Gasteiger partial charge in [0, 0.05) is 5.69 Å². The molecule has 3 rings (SSSR count). The molecule has 2 aromatic carbocycles. The topological polar surface area (TPSA) is 98.5 Å². The Balaban J connectivity index is 1.71. The summed E-state index contributed by atoms with van der Waals surface area (Å²) in [5, 5.41) is 7.84. The minimum atomic E-state index is -3.82. The van der Waals surface area contributed by atoms with Crippen molar-refractivity contribution < 1.29 is 17.9 Å². The van der Waals surface area contributed by atoms with Crippen molar-refractivity contribution in [3.63, 3.8) is 0 Å². The Bertz CT molecular complexity index is 1030. The van der Waals surface area contributed by atoms with Gasteiger partial charge in [-0.25, -0.2) is 13.6 Å². The number of nitrogens with one attached hydrogen (secondary N) is 1.